The van der Waals surface area contributed by atoms with Crippen LogP contribution in [0.4, 0.5) is 10.1 Å². The Morgan fingerprint density at radius 2 is 1.76 bits per heavy atom. The van der Waals surface area contributed by atoms with Crippen molar-refractivity contribution >= 4 is 33.2 Å². The second-order valence-electron chi connectivity index (χ2n) is 7.52. The van der Waals surface area contributed by atoms with Gasteiger partial charge in [0.25, 0.3) is 0 Å². The highest BCUT2D eigenvalue weighted by Gasteiger charge is 2.32. The number of anilines is 1. The van der Waals surface area contributed by atoms with Gasteiger partial charge in [0, 0.05) is 24.0 Å². The molecule has 2 aromatic rings. The third-order valence-electron chi connectivity index (χ3n) is 5.20. The Bertz CT molecular complexity index is 985. The first kappa shape index (κ1) is 21.7. The van der Waals surface area contributed by atoms with E-state index < -0.39 is 15.8 Å². The maximum Gasteiger partial charge on any atom is 0.243 e. The van der Waals surface area contributed by atoms with Crippen molar-refractivity contribution in [2.45, 2.75) is 37.5 Å². The Morgan fingerprint density at radius 3 is 2.34 bits per heavy atom. The molecular formula is C21H24ClFN2O3S. The van der Waals surface area contributed by atoms with E-state index in [1.165, 1.54) is 22.5 Å². The van der Waals surface area contributed by atoms with Crippen molar-refractivity contribution < 1.29 is 17.6 Å². The summed E-state index contributed by atoms with van der Waals surface area (Å²) in [5, 5.41) is 2.88. The van der Waals surface area contributed by atoms with Crippen LogP contribution in [-0.2, 0) is 14.8 Å². The Kier molecular flexibility index (Phi) is 6.61. The van der Waals surface area contributed by atoms with E-state index in [-0.39, 0.29) is 35.5 Å². The molecular weight excluding hydrogens is 415 g/mol. The lowest BCUT2D eigenvalue weighted by Gasteiger charge is -2.30. The number of nitrogens with one attached hydrogen (secondary N) is 1. The quantitative estimate of drug-likeness (QED) is 0.739. The molecule has 0 saturated carbocycles. The molecule has 156 valence electrons. The van der Waals surface area contributed by atoms with Gasteiger partial charge < -0.3 is 5.32 Å². The summed E-state index contributed by atoms with van der Waals surface area (Å²) < 4.78 is 41.0. The van der Waals surface area contributed by atoms with Crippen LogP contribution in [0.3, 0.4) is 0 Å². The molecule has 0 aliphatic carbocycles. The number of rotatable bonds is 5. The third kappa shape index (κ3) is 4.97. The van der Waals surface area contributed by atoms with Gasteiger partial charge in [-0.2, -0.15) is 4.31 Å². The van der Waals surface area contributed by atoms with Crippen LogP contribution >= 0.6 is 11.6 Å². The van der Waals surface area contributed by atoms with Crippen LogP contribution < -0.4 is 5.32 Å². The van der Waals surface area contributed by atoms with Gasteiger partial charge in [0.1, 0.15) is 5.82 Å². The lowest BCUT2D eigenvalue weighted by atomic mass is 9.97. The van der Waals surface area contributed by atoms with Crippen molar-refractivity contribution in [3.8, 4) is 0 Å². The molecule has 1 aliphatic rings. The van der Waals surface area contributed by atoms with Crippen molar-refractivity contribution in [3.05, 3.63) is 58.9 Å². The molecule has 0 radical (unpaired) electrons. The van der Waals surface area contributed by atoms with Gasteiger partial charge in [0.15, 0.2) is 0 Å². The van der Waals surface area contributed by atoms with Crippen molar-refractivity contribution in [2.24, 2.45) is 5.92 Å². The summed E-state index contributed by atoms with van der Waals surface area (Å²) in [6.07, 6.45) is 0.745. The first-order valence-electron chi connectivity index (χ1n) is 9.54. The Hall–Kier alpha value is -1.96. The van der Waals surface area contributed by atoms with Crippen LogP contribution in [0.25, 0.3) is 0 Å². The van der Waals surface area contributed by atoms with Gasteiger partial charge in [-0.3, -0.25) is 4.79 Å². The van der Waals surface area contributed by atoms with E-state index in [1.807, 2.05) is 12.1 Å². The number of carbonyl (C=O) groups excluding carboxylic acids is 1. The number of carbonyl (C=O) groups is 1. The first-order valence-corrected chi connectivity index (χ1v) is 11.4. The molecule has 0 unspecified atom stereocenters. The van der Waals surface area contributed by atoms with E-state index in [0.717, 1.165) is 5.56 Å². The first-order chi connectivity index (χ1) is 13.7. The van der Waals surface area contributed by atoms with Crippen LogP contribution in [0.1, 0.15) is 38.2 Å². The minimum absolute atomic E-state index is 0.0304. The normalized spacial score (nSPS) is 16.2. The van der Waals surface area contributed by atoms with Gasteiger partial charge in [-0.25, -0.2) is 12.8 Å². The van der Waals surface area contributed by atoms with Crippen LogP contribution in [0.2, 0.25) is 5.02 Å². The number of halogens is 2. The molecule has 8 heteroatoms. The van der Waals surface area contributed by atoms with Crippen LogP contribution in [0.15, 0.2) is 47.4 Å². The molecule has 29 heavy (non-hydrogen) atoms. The standard InChI is InChI=1S/C21H24ClFN2O3S/c1-14(2)15-3-6-18(7-4-15)29(27,28)25-11-9-16(10-12-25)21(26)24-20-13-17(22)5-8-19(20)23/h3-8,13-14,16H,9-12H2,1-2H3,(H,24,26). The minimum atomic E-state index is -3.60. The highest BCUT2D eigenvalue weighted by atomic mass is 35.5. The van der Waals surface area contributed by atoms with Crippen molar-refractivity contribution in [3.63, 3.8) is 0 Å². The molecule has 5 nitrogen and oxygen atoms in total. The maximum atomic E-state index is 13.8. The second kappa shape index (κ2) is 8.81. The maximum absolute atomic E-state index is 13.8. The molecule has 1 N–H and O–H groups in total. The lowest BCUT2D eigenvalue weighted by Crippen LogP contribution is -2.41. The highest BCUT2D eigenvalue weighted by Crippen LogP contribution is 2.27. The van der Waals surface area contributed by atoms with Crippen molar-refractivity contribution in [1.82, 2.24) is 4.31 Å². The SMILES string of the molecule is CC(C)c1ccc(S(=O)(=O)N2CCC(C(=O)Nc3cc(Cl)ccc3F)CC2)cc1. The number of sulfonamides is 1. The van der Waals surface area contributed by atoms with Gasteiger partial charge in [0.2, 0.25) is 15.9 Å². The molecule has 1 saturated heterocycles. The summed E-state index contributed by atoms with van der Waals surface area (Å²) in [4.78, 5) is 12.7. The summed E-state index contributed by atoms with van der Waals surface area (Å²) >= 11 is 5.85. The van der Waals surface area contributed by atoms with Crippen LogP contribution in [-0.4, -0.2) is 31.7 Å². The van der Waals surface area contributed by atoms with Crippen molar-refractivity contribution in [1.29, 1.82) is 0 Å². The summed E-state index contributed by atoms with van der Waals surface area (Å²) in [5.41, 5.74) is 1.11. The molecule has 0 bridgehead atoms. The Morgan fingerprint density at radius 1 is 1.14 bits per heavy atom. The fourth-order valence-electron chi connectivity index (χ4n) is 3.36. The fraction of sp³-hybridized carbons (Fsp3) is 0.381. The predicted octanol–water partition coefficient (Wildman–Crippen LogP) is 4.64. The summed E-state index contributed by atoms with van der Waals surface area (Å²) in [5.74, 6) is -0.953. The van der Waals surface area contributed by atoms with Crippen LogP contribution in [0.5, 0.6) is 0 Å². The molecule has 0 atom stereocenters. The number of benzene rings is 2. The highest BCUT2D eigenvalue weighted by molar-refractivity contribution is 7.89. The van der Waals surface area contributed by atoms with E-state index in [4.69, 9.17) is 11.6 Å². The van der Waals surface area contributed by atoms with Gasteiger partial charge in [-0.1, -0.05) is 37.6 Å². The largest absolute Gasteiger partial charge is 0.323 e. The van der Waals surface area contributed by atoms with Crippen molar-refractivity contribution in [2.75, 3.05) is 18.4 Å². The van der Waals surface area contributed by atoms with Gasteiger partial charge in [-0.15, -0.1) is 0 Å². The molecule has 0 spiro atoms. The van der Waals surface area contributed by atoms with Gasteiger partial charge in [-0.05, 0) is 54.7 Å². The van der Waals surface area contributed by atoms with E-state index in [9.17, 15) is 17.6 Å². The Balaban J connectivity index is 1.63. The predicted molar refractivity (Wildman–Crippen MR) is 112 cm³/mol. The molecule has 1 amide bonds. The summed E-state index contributed by atoms with van der Waals surface area (Å²) in [7, 11) is -3.60. The zero-order chi connectivity index (χ0) is 21.2. The van der Waals surface area contributed by atoms with E-state index in [0.29, 0.717) is 23.8 Å². The fourth-order valence-corrected chi connectivity index (χ4v) is 5.00. The average molecular weight is 439 g/mol. The van der Waals surface area contributed by atoms with Crippen LogP contribution in [0, 0.1) is 11.7 Å². The van der Waals surface area contributed by atoms with Gasteiger partial charge >= 0.3 is 0 Å². The topological polar surface area (TPSA) is 66.5 Å². The molecule has 1 aliphatic heterocycles. The average Bonchev–Trinajstić information content (AvgIpc) is 2.71. The van der Waals surface area contributed by atoms with E-state index >= 15 is 0 Å². The number of amides is 1. The van der Waals surface area contributed by atoms with E-state index in [2.05, 4.69) is 19.2 Å². The molecule has 2 aromatic carbocycles. The lowest BCUT2D eigenvalue weighted by molar-refractivity contribution is -0.120. The molecule has 1 heterocycles. The van der Waals surface area contributed by atoms with E-state index in [1.54, 1.807) is 12.1 Å². The molecule has 0 aromatic heterocycles. The number of piperidine rings is 1. The zero-order valence-corrected chi connectivity index (χ0v) is 17.9. The second-order valence-corrected chi connectivity index (χ2v) is 9.89. The number of hydrogen-bond donors (Lipinski definition) is 1. The minimum Gasteiger partial charge on any atom is -0.323 e. The number of nitrogens with zero attached hydrogens (tertiary/aromatic N) is 1. The summed E-state index contributed by atoms with van der Waals surface area (Å²) in [6.45, 7) is 4.58. The monoisotopic (exact) mass is 438 g/mol. The third-order valence-corrected chi connectivity index (χ3v) is 7.34. The number of hydrogen-bond acceptors (Lipinski definition) is 3. The Labute approximate surface area is 175 Å². The molecule has 3 rings (SSSR count). The zero-order valence-electron chi connectivity index (χ0n) is 16.4. The smallest absolute Gasteiger partial charge is 0.243 e. The summed E-state index contributed by atoms with van der Waals surface area (Å²) in [6, 6.07) is 10.9. The molecule has 1 fully saturated rings. The van der Waals surface area contributed by atoms with Gasteiger partial charge in [0.05, 0.1) is 10.6 Å².